The molecule has 1 aromatic rings. The zero-order valence-electron chi connectivity index (χ0n) is 23.2. The summed E-state index contributed by atoms with van der Waals surface area (Å²) >= 11 is -1.98. The van der Waals surface area contributed by atoms with Crippen LogP contribution in [0.5, 0.6) is 5.75 Å². The number of anilines is 1. The number of hydrogen-bond acceptors (Lipinski definition) is 7. The summed E-state index contributed by atoms with van der Waals surface area (Å²) in [7, 11) is 1.37. The molecule has 1 aliphatic heterocycles. The fraction of sp³-hybridized carbons (Fsp3) is 0.577. The zero-order chi connectivity index (χ0) is 29.0. The molecular weight excluding hydrogens is 517 g/mol. The predicted molar refractivity (Wildman–Crippen MR) is 145 cm³/mol. The van der Waals surface area contributed by atoms with Gasteiger partial charge in [-0.15, -0.1) is 0 Å². The second kappa shape index (κ2) is 16.1. The van der Waals surface area contributed by atoms with Gasteiger partial charge in [-0.3, -0.25) is 14.0 Å². The molecule has 38 heavy (non-hydrogen) atoms. The molecule has 1 heterocycles. The van der Waals surface area contributed by atoms with Crippen LogP contribution in [0.25, 0.3) is 5.57 Å². The molecule has 2 atom stereocenters. The van der Waals surface area contributed by atoms with Crippen LogP contribution in [0.1, 0.15) is 59.9 Å². The first-order valence-corrected chi connectivity index (χ1v) is 13.7. The third-order valence-electron chi connectivity index (χ3n) is 5.57. The zero-order valence-corrected chi connectivity index (χ0v) is 24.0. The van der Waals surface area contributed by atoms with Gasteiger partial charge >= 0.3 is 12.1 Å². The fourth-order valence-electron chi connectivity index (χ4n) is 3.64. The Kier molecular flexibility index (Phi) is 14.0. The van der Waals surface area contributed by atoms with Crippen molar-refractivity contribution in [3.8, 4) is 5.75 Å². The number of phenolic OH excluding ortho intramolecular Hbond substituents is 1. The van der Waals surface area contributed by atoms with Gasteiger partial charge in [0.05, 0.1) is 25.0 Å². The number of benzene rings is 1. The number of phenols is 1. The van der Waals surface area contributed by atoms with E-state index in [9.17, 15) is 23.7 Å². The van der Waals surface area contributed by atoms with E-state index in [2.05, 4.69) is 4.72 Å². The summed E-state index contributed by atoms with van der Waals surface area (Å²) in [5.41, 5.74) is 0.149. The Morgan fingerprint density at radius 1 is 1.26 bits per heavy atom. The smallest absolute Gasteiger partial charge is 0.413 e. The number of carbonyl (C=O) groups excluding carboxylic acids is 3. The van der Waals surface area contributed by atoms with E-state index in [1.165, 1.54) is 24.1 Å². The molecule has 0 aliphatic carbocycles. The first kappa shape index (κ1) is 33.0. The lowest BCUT2D eigenvalue weighted by molar-refractivity contribution is -0.156. The maximum atomic E-state index is 15.7. The molecule has 214 valence electrons. The van der Waals surface area contributed by atoms with Gasteiger partial charge in [0, 0.05) is 5.56 Å². The highest BCUT2D eigenvalue weighted by Gasteiger charge is 2.33. The van der Waals surface area contributed by atoms with Gasteiger partial charge in [0.1, 0.15) is 17.7 Å². The van der Waals surface area contributed by atoms with Gasteiger partial charge in [-0.1, -0.05) is 47.6 Å². The van der Waals surface area contributed by atoms with E-state index in [1.807, 2.05) is 27.7 Å². The normalized spacial score (nSPS) is 15.5. The van der Waals surface area contributed by atoms with Gasteiger partial charge in [0.2, 0.25) is 6.79 Å². The summed E-state index contributed by atoms with van der Waals surface area (Å²) in [6.45, 7) is 10.4. The Hall–Kier alpha value is -2.99. The van der Waals surface area contributed by atoms with E-state index >= 15 is 4.39 Å². The van der Waals surface area contributed by atoms with Crippen LogP contribution in [0.2, 0.25) is 0 Å². The summed E-state index contributed by atoms with van der Waals surface area (Å²) in [6.07, 6.45) is 2.86. The Morgan fingerprint density at radius 2 is 1.92 bits per heavy atom. The van der Waals surface area contributed by atoms with Crippen LogP contribution in [0.15, 0.2) is 18.2 Å². The first-order valence-electron chi connectivity index (χ1n) is 12.6. The van der Waals surface area contributed by atoms with Crippen LogP contribution < -0.4 is 9.03 Å². The van der Waals surface area contributed by atoms with Crippen molar-refractivity contribution in [2.75, 3.05) is 31.2 Å². The molecule has 0 saturated heterocycles. The average Bonchev–Trinajstić information content (AvgIpc) is 3.31. The minimum Gasteiger partial charge on any atom is -0.506 e. The van der Waals surface area contributed by atoms with E-state index in [1.54, 1.807) is 19.9 Å². The van der Waals surface area contributed by atoms with E-state index in [0.717, 1.165) is 10.7 Å². The van der Waals surface area contributed by atoms with Crippen molar-refractivity contribution in [1.82, 2.24) is 9.62 Å². The highest BCUT2D eigenvalue weighted by molar-refractivity contribution is 7.84. The number of aromatic hydroxyl groups is 1. The Labute approximate surface area is 226 Å². The number of aldehydes is 1. The molecule has 2 unspecified atom stereocenters. The summed E-state index contributed by atoms with van der Waals surface area (Å²) in [4.78, 5) is 37.0. The van der Waals surface area contributed by atoms with Crippen molar-refractivity contribution in [3.63, 3.8) is 0 Å². The molecule has 0 fully saturated rings. The lowest BCUT2D eigenvalue weighted by atomic mass is 10.0. The number of ether oxygens (including phenoxy) is 2. The van der Waals surface area contributed by atoms with Crippen molar-refractivity contribution in [1.29, 1.82) is 0 Å². The van der Waals surface area contributed by atoms with Gasteiger partial charge < -0.3 is 19.4 Å². The topological polar surface area (TPSA) is 125 Å². The van der Waals surface area contributed by atoms with E-state index in [4.69, 9.17) is 9.47 Å². The van der Waals surface area contributed by atoms with Crippen molar-refractivity contribution >= 4 is 40.8 Å². The Morgan fingerprint density at radius 3 is 2.47 bits per heavy atom. The molecule has 12 heteroatoms. The van der Waals surface area contributed by atoms with Crippen molar-refractivity contribution in [2.24, 2.45) is 11.8 Å². The summed E-state index contributed by atoms with van der Waals surface area (Å²) in [6, 6.07) is 2.21. The minimum absolute atomic E-state index is 0.00363. The predicted octanol–water partition coefficient (Wildman–Crippen LogP) is 4.16. The van der Waals surface area contributed by atoms with Crippen LogP contribution in [0, 0.1) is 17.7 Å². The molecule has 2 rings (SSSR count). The van der Waals surface area contributed by atoms with Crippen LogP contribution >= 0.6 is 0 Å². The SMILES string of the molecule is CC.CNS(=O)N(CC=O)c1c(O)ccc(C2=CC(CCC(C)C)N(C(=O)OCOC(=O)C(C)C)C2)c1F. The third-order valence-corrected chi connectivity index (χ3v) is 6.65. The molecular formula is C26H40FN3O7S. The molecule has 0 saturated carbocycles. The molecule has 1 aliphatic rings. The van der Waals surface area contributed by atoms with Gasteiger partial charge in [0.25, 0.3) is 0 Å². The summed E-state index contributed by atoms with van der Waals surface area (Å²) < 4.78 is 41.4. The summed E-state index contributed by atoms with van der Waals surface area (Å²) in [5.74, 6) is -1.88. The Balaban J connectivity index is 0.00000352. The number of esters is 1. The molecule has 0 aromatic heterocycles. The quantitative estimate of drug-likeness (QED) is 0.225. The largest absolute Gasteiger partial charge is 0.506 e. The fourth-order valence-corrected chi connectivity index (χ4v) is 4.40. The number of nitrogens with one attached hydrogen (secondary N) is 1. The van der Waals surface area contributed by atoms with E-state index < -0.39 is 59.9 Å². The highest BCUT2D eigenvalue weighted by Crippen LogP contribution is 2.38. The number of nitrogens with zero attached hydrogens (tertiary/aromatic N) is 2. The number of amides is 1. The lowest BCUT2D eigenvalue weighted by Crippen LogP contribution is -2.37. The molecule has 0 spiro atoms. The second-order valence-electron chi connectivity index (χ2n) is 8.98. The van der Waals surface area contributed by atoms with Crippen molar-refractivity contribution in [2.45, 2.75) is 60.4 Å². The highest BCUT2D eigenvalue weighted by atomic mass is 32.2. The average molecular weight is 558 g/mol. The number of halogens is 1. The van der Waals surface area contributed by atoms with Gasteiger partial charge in [0.15, 0.2) is 17.0 Å². The van der Waals surface area contributed by atoms with Crippen LogP contribution in [-0.2, 0) is 30.2 Å². The van der Waals surface area contributed by atoms with Crippen LogP contribution in [-0.4, -0.2) is 65.5 Å². The van der Waals surface area contributed by atoms with Gasteiger partial charge in [-0.25, -0.2) is 18.1 Å². The van der Waals surface area contributed by atoms with Gasteiger partial charge in [-0.05, 0) is 43.5 Å². The maximum absolute atomic E-state index is 15.7. The minimum atomic E-state index is -1.98. The van der Waals surface area contributed by atoms with E-state index in [-0.39, 0.29) is 18.0 Å². The van der Waals surface area contributed by atoms with Crippen LogP contribution in [0.4, 0.5) is 14.9 Å². The first-order chi connectivity index (χ1) is 18.0. The van der Waals surface area contributed by atoms with Crippen molar-refractivity contribution in [3.05, 3.63) is 29.6 Å². The van der Waals surface area contributed by atoms with Crippen molar-refractivity contribution < 1.29 is 37.6 Å². The van der Waals surface area contributed by atoms with Gasteiger partial charge in [-0.2, -0.15) is 0 Å². The monoisotopic (exact) mass is 557 g/mol. The molecule has 2 N–H and O–H groups in total. The molecule has 0 bridgehead atoms. The maximum Gasteiger partial charge on any atom is 0.413 e. The number of hydrogen-bond donors (Lipinski definition) is 2. The molecule has 1 amide bonds. The third kappa shape index (κ3) is 8.80. The molecule has 10 nitrogen and oxygen atoms in total. The van der Waals surface area contributed by atoms with Crippen LogP contribution in [0.3, 0.4) is 0 Å². The van der Waals surface area contributed by atoms with E-state index in [0.29, 0.717) is 24.2 Å². The molecule has 1 aromatic carbocycles. The second-order valence-corrected chi connectivity index (χ2v) is 10.3. The number of rotatable bonds is 12. The lowest BCUT2D eigenvalue weighted by Gasteiger charge is -2.25. The summed E-state index contributed by atoms with van der Waals surface area (Å²) in [5, 5.41) is 10.3. The standard InChI is InChI=1S/C24H34FN3O7S.C2H6/c1-15(2)6-7-18-12-17(13-27(18)24(32)35-14-34-23(31)16(3)4)19-8-9-20(30)22(21(19)25)28(10-11-29)36(33)26-5;1-2/h8-9,11-12,15-16,18,26,30H,6-7,10,13-14H2,1-5H3;1-2H3. The molecule has 0 radical (unpaired) electrons. The Bertz CT molecular complexity index is 1020. The number of carbonyl (C=O) groups is 3.